The number of carbonyl (C=O) groups excluding carboxylic acids is 2. The van der Waals surface area contributed by atoms with Gasteiger partial charge in [-0.3, -0.25) is 9.59 Å². The van der Waals surface area contributed by atoms with Gasteiger partial charge < -0.3 is 11.1 Å². The molecule has 3 N–H and O–H groups in total. The van der Waals surface area contributed by atoms with Gasteiger partial charge in [0.25, 0.3) is 11.8 Å². The highest BCUT2D eigenvalue weighted by Crippen LogP contribution is 2.35. The van der Waals surface area contributed by atoms with Crippen molar-refractivity contribution in [2.24, 2.45) is 5.73 Å². The van der Waals surface area contributed by atoms with E-state index in [0.717, 1.165) is 38.2 Å². The molecular formula is C25H23N3O2S. The lowest BCUT2D eigenvalue weighted by atomic mass is 9.97. The lowest BCUT2D eigenvalue weighted by molar-refractivity contribution is 0.100. The van der Waals surface area contributed by atoms with Crippen LogP contribution in [0.15, 0.2) is 54.6 Å². The molecule has 4 rings (SSSR count). The molecule has 0 saturated carbocycles. The van der Waals surface area contributed by atoms with E-state index < -0.39 is 5.91 Å². The van der Waals surface area contributed by atoms with Crippen molar-refractivity contribution in [3.63, 3.8) is 0 Å². The summed E-state index contributed by atoms with van der Waals surface area (Å²) in [6.07, 6.45) is 0.672. The summed E-state index contributed by atoms with van der Waals surface area (Å²) in [5, 5.41) is 4.23. The fourth-order valence-electron chi connectivity index (χ4n) is 4.00. The number of nitrogens with two attached hydrogens (primary N) is 1. The third-order valence-corrected chi connectivity index (χ3v) is 6.51. The van der Waals surface area contributed by atoms with Crippen LogP contribution in [0, 0.1) is 13.8 Å². The van der Waals surface area contributed by atoms with E-state index in [-0.39, 0.29) is 5.91 Å². The lowest BCUT2D eigenvalue weighted by Crippen LogP contribution is -2.19. The number of hydrogen-bond donors (Lipinski definition) is 2. The zero-order chi connectivity index (χ0) is 22.1. The van der Waals surface area contributed by atoms with E-state index in [0.29, 0.717) is 22.5 Å². The fourth-order valence-corrected chi connectivity index (χ4v) is 5.14. The van der Waals surface area contributed by atoms with E-state index in [4.69, 9.17) is 10.7 Å². The second-order valence-electron chi connectivity index (χ2n) is 7.36. The number of nitrogens with zero attached hydrogens (tertiary/aromatic N) is 1. The fraction of sp³-hybridized carbons (Fsp3) is 0.160. The van der Waals surface area contributed by atoms with Gasteiger partial charge in [-0.15, -0.1) is 11.3 Å². The van der Waals surface area contributed by atoms with Gasteiger partial charge in [0.05, 0.1) is 22.3 Å². The van der Waals surface area contributed by atoms with Gasteiger partial charge in [-0.05, 0) is 37.5 Å². The first-order valence-electron chi connectivity index (χ1n) is 10.1. The molecule has 5 nitrogen and oxygen atoms in total. The Hall–Kier alpha value is -3.51. The van der Waals surface area contributed by atoms with Crippen LogP contribution in [0.4, 0.5) is 5.00 Å². The first-order valence-corrected chi connectivity index (χ1v) is 10.9. The lowest BCUT2D eigenvalue weighted by Gasteiger charge is -2.15. The minimum absolute atomic E-state index is 0.278. The SMILES string of the molecule is CCc1c(C)sc(NC(=O)c2c(C)c(-c3ccccc3)nc3ccccc23)c1C(N)=O. The van der Waals surface area contributed by atoms with Crippen molar-refractivity contribution in [1.82, 2.24) is 4.98 Å². The van der Waals surface area contributed by atoms with E-state index in [1.807, 2.05) is 75.4 Å². The Balaban J connectivity index is 1.88. The first-order chi connectivity index (χ1) is 14.9. The van der Waals surface area contributed by atoms with Crippen LogP contribution < -0.4 is 11.1 Å². The number of anilines is 1. The number of amides is 2. The Labute approximate surface area is 184 Å². The number of nitrogens with one attached hydrogen (secondary N) is 1. The zero-order valence-corrected chi connectivity index (χ0v) is 18.5. The van der Waals surface area contributed by atoms with Crippen LogP contribution in [0.1, 0.15) is 43.6 Å². The molecule has 0 saturated heterocycles. The number of fused-ring (bicyclic) bond motifs is 1. The number of benzene rings is 2. The van der Waals surface area contributed by atoms with Crippen LogP contribution in [0.2, 0.25) is 0 Å². The zero-order valence-electron chi connectivity index (χ0n) is 17.7. The van der Waals surface area contributed by atoms with Crippen molar-refractivity contribution in [2.75, 3.05) is 5.32 Å². The summed E-state index contributed by atoms with van der Waals surface area (Å²) in [6.45, 7) is 5.81. The second-order valence-corrected chi connectivity index (χ2v) is 8.58. The van der Waals surface area contributed by atoms with Gasteiger partial charge in [0.1, 0.15) is 5.00 Å². The largest absolute Gasteiger partial charge is 0.365 e. The molecule has 0 aliphatic rings. The number of thiophene rings is 1. The van der Waals surface area contributed by atoms with E-state index >= 15 is 0 Å². The molecule has 2 amide bonds. The number of primary amides is 1. The molecular weight excluding hydrogens is 406 g/mol. The van der Waals surface area contributed by atoms with Crippen LogP contribution in [0.5, 0.6) is 0 Å². The molecule has 0 radical (unpaired) electrons. The number of aromatic nitrogens is 1. The van der Waals surface area contributed by atoms with Gasteiger partial charge >= 0.3 is 0 Å². The van der Waals surface area contributed by atoms with Gasteiger partial charge in [-0.1, -0.05) is 55.5 Å². The monoisotopic (exact) mass is 429 g/mol. The quantitative estimate of drug-likeness (QED) is 0.440. The van der Waals surface area contributed by atoms with Gasteiger partial charge in [-0.25, -0.2) is 4.98 Å². The molecule has 0 fully saturated rings. The van der Waals surface area contributed by atoms with Crippen molar-refractivity contribution in [2.45, 2.75) is 27.2 Å². The van der Waals surface area contributed by atoms with Crippen molar-refractivity contribution in [3.8, 4) is 11.3 Å². The number of rotatable bonds is 5. The van der Waals surface area contributed by atoms with Crippen molar-refractivity contribution >= 4 is 39.1 Å². The van der Waals surface area contributed by atoms with Crippen molar-refractivity contribution in [3.05, 3.63) is 81.7 Å². The molecule has 6 heteroatoms. The minimum atomic E-state index is -0.530. The molecule has 0 unspecified atom stereocenters. The third kappa shape index (κ3) is 3.70. The molecule has 0 atom stereocenters. The number of aryl methyl sites for hydroxylation is 1. The van der Waals surface area contributed by atoms with Gasteiger partial charge in [-0.2, -0.15) is 0 Å². The van der Waals surface area contributed by atoms with E-state index in [9.17, 15) is 9.59 Å². The van der Waals surface area contributed by atoms with Crippen LogP contribution in [-0.2, 0) is 6.42 Å². The highest BCUT2D eigenvalue weighted by Gasteiger charge is 2.24. The molecule has 2 aromatic heterocycles. The summed E-state index contributed by atoms with van der Waals surface area (Å²) in [6, 6.07) is 17.4. The molecule has 0 bridgehead atoms. The Morgan fingerprint density at radius 2 is 1.68 bits per heavy atom. The number of pyridine rings is 1. The standard InChI is InChI=1S/C25H23N3O2S/c1-4-17-15(3)31-25(21(17)23(26)29)28-24(30)20-14(2)22(16-10-6-5-7-11-16)27-19-13-9-8-12-18(19)20/h5-13H,4H2,1-3H3,(H2,26,29)(H,28,30). The van der Waals surface area contributed by atoms with Gasteiger partial charge in [0.2, 0.25) is 0 Å². The van der Waals surface area contributed by atoms with Gasteiger partial charge in [0, 0.05) is 15.8 Å². The average Bonchev–Trinajstić information content (AvgIpc) is 3.08. The van der Waals surface area contributed by atoms with Crippen molar-refractivity contribution in [1.29, 1.82) is 0 Å². The summed E-state index contributed by atoms with van der Waals surface area (Å²) < 4.78 is 0. The maximum atomic E-state index is 13.5. The Morgan fingerprint density at radius 1 is 1.00 bits per heavy atom. The van der Waals surface area contributed by atoms with Crippen molar-refractivity contribution < 1.29 is 9.59 Å². The predicted molar refractivity (Wildman–Crippen MR) is 127 cm³/mol. The van der Waals surface area contributed by atoms with Crippen LogP contribution in [0.25, 0.3) is 22.2 Å². The topological polar surface area (TPSA) is 85.1 Å². The Morgan fingerprint density at radius 3 is 2.35 bits per heavy atom. The van der Waals surface area contributed by atoms with Gasteiger partial charge in [0.15, 0.2) is 0 Å². The highest BCUT2D eigenvalue weighted by molar-refractivity contribution is 7.16. The smallest absolute Gasteiger partial charge is 0.257 e. The van der Waals surface area contributed by atoms with Crippen LogP contribution in [-0.4, -0.2) is 16.8 Å². The predicted octanol–water partition coefficient (Wildman–Crippen LogP) is 5.49. The normalized spacial score (nSPS) is 10.9. The molecule has 156 valence electrons. The molecule has 0 aliphatic heterocycles. The Kier molecular flexibility index (Phi) is 5.57. The summed E-state index contributed by atoms with van der Waals surface area (Å²) in [4.78, 5) is 31.5. The van der Waals surface area contributed by atoms with E-state index in [2.05, 4.69) is 5.32 Å². The summed E-state index contributed by atoms with van der Waals surface area (Å²) in [7, 11) is 0. The maximum absolute atomic E-state index is 13.5. The third-order valence-electron chi connectivity index (χ3n) is 5.45. The Bertz CT molecular complexity index is 1310. The minimum Gasteiger partial charge on any atom is -0.365 e. The average molecular weight is 430 g/mol. The molecule has 4 aromatic rings. The molecule has 0 aliphatic carbocycles. The van der Waals surface area contributed by atoms with Crippen LogP contribution >= 0.6 is 11.3 Å². The molecule has 31 heavy (non-hydrogen) atoms. The molecule has 2 heterocycles. The van der Waals surface area contributed by atoms with Crippen LogP contribution in [0.3, 0.4) is 0 Å². The van der Waals surface area contributed by atoms with E-state index in [1.54, 1.807) is 0 Å². The second kappa shape index (κ2) is 8.32. The number of carbonyl (C=O) groups is 2. The first kappa shape index (κ1) is 20.8. The molecule has 0 spiro atoms. The highest BCUT2D eigenvalue weighted by atomic mass is 32.1. The molecule has 2 aromatic carbocycles. The van der Waals surface area contributed by atoms with E-state index in [1.165, 1.54) is 11.3 Å². The summed E-state index contributed by atoms with van der Waals surface area (Å²) >= 11 is 1.38. The summed E-state index contributed by atoms with van der Waals surface area (Å²) in [5.41, 5.74) is 10.7. The maximum Gasteiger partial charge on any atom is 0.257 e. The number of para-hydroxylation sites is 1. The number of hydrogen-bond acceptors (Lipinski definition) is 4. The summed E-state index contributed by atoms with van der Waals surface area (Å²) in [5.74, 6) is -0.808.